The molecule has 0 aliphatic heterocycles. The number of hydrogen-bond acceptors (Lipinski definition) is 3. The third kappa shape index (κ3) is 1.41. The van der Waals surface area contributed by atoms with Crippen LogP contribution in [0.2, 0.25) is 0 Å². The molecule has 0 amide bonds. The van der Waals surface area contributed by atoms with Crippen molar-refractivity contribution in [1.29, 1.82) is 0 Å². The molecule has 0 radical (unpaired) electrons. The molecule has 0 aliphatic carbocycles. The molecule has 0 fully saturated rings. The smallest absolute Gasteiger partial charge is 0.0446 e. The van der Waals surface area contributed by atoms with Crippen molar-refractivity contribution >= 4 is 38.9 Å². The average Bonchev–Trinajstić information content (AvgIpc) is 2.62. The van der Waals surface area contributed by atoms with E-state index >= 15 is 0 Å². The fourth-order valence-electron chi connectivity index (χ4n) is 1.63. The highest BCUT2D eigenvalue weighted by Crippen LogP contribution is 2.37. The molecule has 0 spiro atoms. The summed E-state index contributed by atoms with van der Waals surface area (Å²) in [6.07, 6.45) is 3.10. The maximum atomic E-state index is 6.14. The molecule has 2 rings (SSSR count). The minimum absolute atomic E-state index is 0.968. The first-order valence-electron chi connectivity index (χ1n) is 4.60. The van der Waals surface area contributed by atoms with E-state index in [1.54, 1.807) is 23.1 Å². The molecule has 74 valence electrons. The van der Waals surface area contributed by atoms with E-state index in [2.05, 4.69) is 30.7 Å². The molecule has 3 heteroatoms. The van der Waals surface area contributed by atoms with Gasteiger partial charge in [-0.25, -0.2) is 0 Å². The Bertz CT molecular complexity index is 460. The normalized spacial score (nSPS) is 11.0. The SMILES string of the molecule is CCc1ccc2scc(SC)c2c1N. The van der Waals surface area contributed by atoms with Gasteiger partial charge in [0.25, 0.3) is 0 Å². The quantitative estimate of drug-likeness (QED) is 0.619. The number of nitrogens with two attached hydrogens (primary N) is 1. The number of thioether (sulfide) groups is 1. The monoisotopic (exact) mass is 223 g/mol. The highest BCUT2D eigenvalue weighted by molar-refractivity contribution is 7.99. The maximum absolute atomic E-state index is 6.14. The van der Waals surface area contributed by atoms with Crippen LogP contribution in [0.1, 0.15) is 12.5 Å². The second-order valence-electron chi connectivity index (χ2n) is 3.17. The van der Waals surface area contributed by atoms with Crippen LogP contribution in [-0.2, 0) is 6.42 Å². The Kier molecular flexibility index (Phi) is 2.70. The van der Waals surface area contributed by atoms with Crippen molar-refractivity contribution in [3.05, 3.63) is 23.1 Å². The first-order valence-corrected chi connectivity index (χ1v) is 6.71. The summed E-state index contributed by atoms with van der Waals surface area (Å²) in [5, 5.41) is 3.44. The first-order chi connectivity index (χ1) is 6.77. The van der Waals surface area contributed by atoms with Crippen molar-refractivity contribution in [2.75, 3.05) is 12.0 Å². The summed E-state index contributed by atoms with van der Waals surface area (Å²) in [5.74, 6) is 0. The minimum atomic E-state index is 0.968. The summed E-state index contributed by atoms with van der Waals surface area (Å²) in [4.78, 5) is 1.30. The van der Waals surface area contributed by atoms with Gasteiger partial charge in [-0.2, -0.15) is 0 Å². The molecule has 0 saturated carbocycles. The van der Waals surface area contributed by atoms with Crippen molar-refractivity contribution in [3.8, 4) is 0 Å². The molecule has 0 saturated heterocycles. The highest BCUT2D eigenvalue weighted by atomic mass is 32.2. The number of rotatable bonds is 2. The van der Waals surface area contributed by atoms with Gasteiger partial charge in [-0.15, -0.1) is 23.1 Å². The Morgan fingerprint density at radius 1 is 1.43 bits per heavy atom. The standard InChI is InChI=1S/C11H13NS2/c1-3-7-4-5-8-10(11(7)12)9(13-2)6-14-8/h4-6H,3,12H2,1-2H3. The highest BCUT2D eigenvalue weighted by Gasteiger charge is 2.08. The zero-order chi connectivity index (χ0) is 10.1. The lowest BCUT2D eigenvalue weighted by Gasteiger charge is -2.05. The van der Waals surface area contributed by atoms with Crippen molar-refractivity contribution < 1.29 is 0 Å². The molecule has 1 heterocycles. The topological polar surface area (TPSA) is 26.0 Å². The Morgan fingerprint density at radius 3 is 2.86 bits per heavy atom. The Balaban J connectivity index is 2.77. The lowest BCUT2D eigenvalue weighted by molar-refractivity contribution is 1.15. The number of anilines is 1. The summed E-state index contributed by atoms with van der Waals surface area (Å²) in [5.41, 5.74) is 8.37. The third-order valence-electron chi connectivity index (χ3n) is 2.44. The van der Waals surface area contributed by atoms with Crippen LogP contribution < -0.4 is 5.73 Å². The van der Waals surface area contributed by atoms with E-state index in [1.165, 1.54) is 20.5 Å². The van der Waals surface area contributed by atoms with Crippen LogP contribution in [0, 0.1) is 0 Å². The molecule has 0 unspecified atom stereocenters. The number of aryl methyl sites for hydroxylation is 1. The number of fused-ring (bicyclic) bond motifs is 1. The van der Waals surface area contributed by atoms with E-state index in [9.17, 15) is 0 Å². The van der Waals surface area contributed by atoms with Crippen LogP contribution in [0.25, 0.3) is 10.1 Å². The summed E-state index contributed by atoms with van der Waals surface area (Å²) < 4.78 is 1.30. The van der Waals surface area contributed by atoms with E-state index in [0.717, 1.165) is 12.1 Å². The van der Waals surface area contributed by atoms with Gasteiger partial charge in [0.2, 0.25) is 0 Å². The lowest BCUT2D eigenvalue weighted by Crippen LogP contribution is -1.93. The van der Waals surface area contributed by atoms with Gasteiger partial charge >= 0.3 is 0 Å². The van der Waals surface area contributed by atoms with Gasteiger partial charge < -0.3 is 5.73 Å². The van der Waals surface area contributed by atoms with Crippen molar-refractivity contribution in [3.63, 3.8) is 0 Å². The van der Waals surface area contributed by atoms with Crippen LogP contribution in [0.3, 0.4) is 0 Å². The summed E-state index contributed by atoms with van der Waals surface area (Å²) in [7, 11) is 0. The van der Waals surface area contributed by atoms with Gasteiger partial charge in [-0.05, 0) is 24.3 Å². The van der Waals surface area contributed by atoms with Gasteiger partial charge in [0.05, 0.1) is 0 Å². The van der Waals surface area contributed by atoms with Gasteiger partial charge in [0.1, 0.15) is 0 Å². The number of thiophene rings is 1. The van der Waals surface area contributed by atoms with Gasteiger partial charge in [0.15, 0.2) is 0 Å². The van der Waals surface area contributed by atoms with Crippen LogP contribution in [0.4, 0.5) is 5.69 Å². The van der Waals surface area contributed by atoms with Gasteiger partial charge in [0, 0.05) is 26.0 Å². The Labute approximate surface area is 92.3 Å². The molecular formula is C11H13NS2. The average molecular weight is 223 g/mol. The maximum Gasteiger partial charge on any atom is 0.0446 e. The van der Waals surface area contributed by atoms with Crippen molar-refractivity contribution in [1.82, 2.24) is 0 Å². The predicted octanol–water partition coefficient (Wildman–Crippen LogP) is 3.77. The minimum Gasteiger partial charge on any atom is -0.398 e. The molecule has 1 aromatic carbocycles. The number of benzene rings is 1. The Morgan fingerprint density at radius 2 is 2.21 bits per heavy atom. The zero-order valence-electron chi connectivity index (χ0n) is 8.33. The molecule has 0 bridgehead atoms. The molecule has 1 aromatic heterocycles. The van der Waals surface area contributed by atoms with E-state index in [-0.39, 0.29) is 0 Å². The largest absolute Gasteiger partial charge is 0.398 e. The summed E-state index contributed by atoms with van der Waals surface area (Å²) in [6, 6.07) is 4.31. The van der Waals surface area contributed by atoms with Crippen molar-refractivity contribution in [2.24, 2.45) is 0 Å². The van der Waals surface area contributed by atoms with Gasteiger partial charge in [-0.1, -0.05) is 13.0 Å². The first kappa shape index (κ1) is 9.87. The molecule has 2 aromatic rings. The van der Waals surface area contributed by atoms with Crippen LogP contribution >= 0.6 is 23.1 Å². The molecule has 2 N–H and O–H groups in total. The summed E-state index contributed by atoms with van der Waals surface area (Å²) in [6.45, 7) is 2.14. The molecule has 14 heavy (non-hydrogen) atoms. The van der Waals surface area contributed by atoms with Gasteiger partial charge in [-0.3, -0.25) is 0 Å². The number of nitrogen functional groups attached to an aromatic ring is 1. The number of hydrogen-bond donors (Lipinski definition) is 1. The summed E-state index contributed by atoms with van der Waals surface area (Å²) >= 11 is 3.54. The fourth-order valence-corrected chi connectivity index (χ4v) is 3.48. The fraction of sp³-hybridized carbons (Fsp3) is 0.273. The third-order valence-corrected chi connectivity index (χ3v) is 4.30. The second kappa shape index (κ2) is 3.83. The second-order valence-corrected chi connectivity index (χ2v) is 4.93. The molecular weight excluding hydrogens is 210 g/mol. The predicted molar refractivity (Wildman–Crippen MR) is 67.4 cm³/mol. The lowest BCUT2D eigenvalue weighted by atomic mass is 10.1. The van der Waals surface area contributed by atoms with E-state index in [1.807, 2.05) is 0 Å². The van der Waals surface area contributed by atoms with Crippen LogP contribution in [0.5, 0.6) is 0 Å². The Hall–Kier alpha value is -0.670. The zero-order valence-corrected chi connectivity index (χ0v) is 9.97. The van der Waals surface area contributed by atoms with Crippen molar-refractivity contribution in [2.45, 2.75) is 18.2 Å². The molecule has 0 atom stereocenters. The van der Waals surface area contributed by atoms with Crippen LogP contribution in [0.15, 0.2) is 22.4 Å². The molecule has 1 nitrogen and oxygen atoms in total. The van der Waals surface area contributed by atoms with E-state index < -0.39 is 0 Å². The van der Waals surface area contributed by atoms with Crippen LogP contribution in [-0.4, -0.2) is 6.26 Å². The van der Waals surface area contributed by atoms with E-state index in [0.29, 0.717) is 0 Å². The molecule has 0 aliphatic rings. The van der Waals surface area contributed by atoms with E-state index in [4.69, 9.17) is 5.73 Å².